The van der Waals surface area contributed by atoms with Crippen molar-refractivity contribution in [3.63, 3.8) is 0 Å². The van der Waals surface area contributed by atoms with E-state index >= 15 is 0 Å². The molecule has 0 aliphatic rings. The van der Waals surface area contributed by atoms with Crippen LogP contribution in [0.25, 0.3) is 0 Å². The van der Waals surface area contributed by atoms with Gasteiger partial charge in [-0.25, -0.2) is 4.79 Å². The van der Waals surface area contributed by atoms with Crippen molar-refractivity contribution in [1.29, 1.82) is 0 Å². The fourth-order valence-corrected chi connectivity index (χ4v) is 3.12. The SMILES string of the molecule is O=C(O)CCCNC(=O)Nc1nc(SCc2ccccc2)ns1. The van der Waals surface area contributed by atoms with Gasteiger partial charge in [0.05, 0.1) is 0 Å². The molecule has 0 radical (unpaired) electrons. The van der Waals surface area contributed by atoms with E-state index in [4.69, 9.17) is 5.11 Å². The molecule has 2 aromatic rings. The summed E-state index contributed by atoms with van der Waals surface area (Å²) in [4.78, 5) is 26.2. The molecule has 9 heteroatoms. The lowest BCUT2D eigenvalue weighted by atomic mass is 10.2. The Bertz CT molecular complexity index is 648. The van der Waals surface area contributed by atoms with Crippen LogP contribution in [0.1, 0.15) is 18.4 Å². The molecule has 23 heavy (non-hydrogen) atoms. The van der Waals surface area contributed by atoms with Gasteiger partial charge in [-0.2, -0.15) is 9.36 Å². The van der Waals surface area contributed by atoms with E-state index in [0.29, 0.717) is 23.3 Å². The predicted molar refractivity (Wildman–Crippen MR) is 89.8 cm³/mol. The number of hydrogen-bond acceptors (Lipinski definition) is 6. The largest absolute Gasteiger partial charge is 0.481 e. The van der Waals surface area contributed by atoms with Crippen molar-refractivity contribution in [1.82, 2.24) is 14.7 Å². The van der Waals surface area contributed by atoms with Gasteiger partial charge in [0, 0.05) is 30.3 Å². The lowest BCUT2D eigenvalue weighted by molar-refractivity contribution is -0.137. The van der Waals surface area contributed by atoms with Crippen LogP contribution in [0, 0.1) is 0 Å². The molecule has 2 amide bonds. The second-order valence-electron chi connectivity index (χ2n) is 4.53. The van der Waals surface area contributed by atoms with Crippen LogP contribution in [0.5, 0.6) is 0 Å². The van der Waals surface area contributed by atoms with Crippen molar-refractivity contribution in [2.45, 2.75) is 23.8 Å². The highest BCUT2D eigenvalue weighted by Crippen LogP contribution is 2.23. The summed E-state index contributed by atoms with van der Waals surface area (Å²) in [6, 6.07) is 9.57. The molecule has 0 spiro atoms. The normalized spacial score (nSPS) is 10.3. The van der Waals surface area contributed by atoms with Crippen LogP contribution in [0.2, 0.25) is 0 Å². The summed E-state index contributed by atoms with van der Waals surface area (Å²) < 4.78 is 4.18. The Labute approximate surface area is 141 Å². The number of carboxylic acids is 1. The number of aromatic nitrogens is 2. The van der Waals surface area contributed by atoms with Gasteiger partial charge >= 0.3 is 12.0 Å². The van der Waals surface area contributed by atoms with Gasteiger partial charge in [-0.05, 0) is 12.0 Å². The molecule has 0 saturated heterocycles. The van der Waals surface area contributed by atoms with Gasteiger partial charge in [0.1, 0.15) is 0 Å². The standard InChI is InChI=1S/C14H16N4O3S2/c19-11(20)7-4-8-15-12(21)16-13-17-14(18-23-13)22-9-10-5-2-1-3-6-10/h1-3,5-6H,4,7-9H2,(H,19,20)(H2,15,16,17,18,21). The Morgan fingerprint density at radius 1 is 1.26 bits per heavy atom. The summed E-state index contributed by atoms with van der Waals surface area (Å²) in [6.45, 7) is 0.298. The third kappa shape index (κ3) is 6.66. The third-order valence-corrected chi connectivity index (χ3v) is 4.36. The molecular weight excluding hydrogens is 336 g/mol. The molecule has 0 atom stereocenters. The van der Waals surface area contributed by atoms with Gasteiger partial charge in [-0.15, -0.1) is 0 Å². The Morgan fingerprint density at radius 3 is 2.78 bits per heavy atom. The molecule has 1 aromatic carbocycles. The lowest BCUT2D eigenvalue weighted by Crippen LogP contribution is -2.29. The maximum atomic E-state index is 11.6. The first kappa shape index (κ1) is 17.2. The van der Waals surface area contributed by atoms with Gasteiger partial charge in [-0.3, -0.25) is 10.1 Å². The first-order valence-electron chi connectivity index (χ1n) is 6.90. The zero-order chi connectivity index (χ0) is 16.5. The maximum absolute atomic E-state index is 11.6. The molecule has 0 aliphatic carbocycles. The van der Waals surface area contributed by atoms with E-state index < -0.39 is 12.0 Å². The average molecular weight is 352 g/mol. The van der Waals surface area contributed by atoms with Gasteiger partial charge in [0.15, 0.2) is 0 Å². The summed E-state index contributed by atoms with van der Waals surface area (Å²) >= 11 is 2.61. The van der Waals surface area contributed by atoms with Crippen molar-refractivity contribution < 1.29 is 14.7 Å². The zero-order valence-electron chi connectivity index (χ0n) is 12.2. The molecular formula is C14H16N4O3S2. The van der Waals surface area contributed by atoms with E-state index in [2.05, 4.69) is 20.0 Å². The van der Waals surface area contributed by atoms with Gasteiger partial charge in [0.2, 0.25) is 10.3 Å². The number of nitrogens with one attached hydrogen (secondary N) is 2. The number of thioether (sulfide) groups is 1. The molecule has 1 aromatic heterocycles. The summed E-state index contributed by atoms with van der Waals surface area (Å²) in [5, 5.41) is 14.7. The molecule has 0 unspecified atom stereocenters. The maximum Gasteiger partial charge on any atom is 0.321 e. The quantitative estimate of drug-likeness (QED) is 0.498. The number of aliphatic carboxylic acids is 1. The highest BCUT2D eigenvalue weighted by molar-refractivity contribution is 7.98. The highest BCUT2D eigenvalue weighted by Gasteiger charge is 2.08. The molecule has 0 saturated carbocycles. The number of rotatable bonds is 8. The second kappa shape index (κ2) is 9.11. The zero-order valence-corrected chi connectivity index (χ0v) is 13.8. The van der Waals surface area contributed by atoms with E-state index in [1.165, 1.54) is 17.3 Å². The van der Waals surface area contributed by atoms with Crippen LogP contribution < -0.4 is 10.6 Å². The number of urea groups is 1. The van der Waals surface area contributed by atoms with Crippen LogP contribution in [0.15, 0.2) is 35.5 Å². The van der Waals surface area contributed by atoms with Crippen LogP contribution in [-0.4, -0.2) is 33.0 Å². The Morgan fingerprint density at radius 2 is 2.04 bits per heavy atom. The Hall–Kier alpha value is -2.13. The van der Waals surface area contributed by atoms with Gasteiger partial charge in [-0.1, -0.05) is 42.1 Å². The number of carbonyl (C=O) groups excluding carboxylic acids is 1. The fourth-order valence-electron chi connectivity index (χ4n) is 1.62. The monoisotopic (exact) mass is 352 g/mol. The van der Waals surface area contributed by atoms with Crippen LogP contribution in [0.3, 0.4) is 0 Å². The smallest absolute Gasteiger partial charge is 0.321 e. The molecule has 122 valence electrons. The number of nitrogens with zero attached hydrogens (tertiary/aromatic N) is 2. The molecule has 0 fully saturated rings. The first-order chi connectivity index (χ1) is 11.1. The number of hydrogen-bond donors (Lipinski definition) is 3. The molecule has 0 aliphatic heterocycles. The van der Waals surface area contributed by atoms with E-state index in [-0.39, 0.29) is 6.42 Å². The van der Waals surface area contributed by atoms with Crippen molar-refractivity contribution in [3.05, 3.63) is 35.9 Å². The topological polar surface area (TPSA) is 104 Å². The van der Waals surface area contributed by atoms with Gasteiger partial charge in [0.25, 0.3) is 0 Å². The van der Waals surface area contributed by atoms with Crippen molar-refractivity contribution in [3.8, 4) is 0 Å². The Kier molecular flexibility index (Phi) is 6.82. The second-order valence-corrected chi connectivity index (χ2v) is 6.23. The Balaban J connectivity index is 1.71. The minimum Gasteiger partial charge on any atom is -0.481 e. The summed E-state index contributed by atoms with van der Waals surface area (Å²) in [5.41, 5.74) is 1.18. The van der Waals surface area contributed by atoms with E-state index in [1.54, 1.807) is 0 Å². The molecule has 1 heterocycles. The first-order valence-corrected chi connectivity index (χ1v) is 8.66. The minimum absolute atomic E-state index is 0.0271. The van der Waals surface area contributed by atoms with Gasteiger partial charge < -0.3 is 10.4 Å². The summed E-state index contributed by atoms with van der Waals surface area (Å²) in [6.07, 6.45) is 0.413. The molecule has 7 nitrogen and oxygen atoms in total. The van der Waals surface area contributed by atoms with E-state index in [0.717, 1.165) is 17.3 Å². The highest BCUT2D eigenvalue weighted by atomic mass is 32.2. The number of benzene rings is 1. The predicted octanol–water partition coefficient (Wildman–Crippen LogP) is 2.82. The van der Waals surface area contributed by atoms with Crippen LogP contribution in [-0.2, 0) is 10.5 Å². The number of anilines is 1. The van der Waals surface area contributed by atoms with Crippen molar-refractivity contribution in [2.24, 2.45) is 0 Å². The average Bonchev–Trinajstić information content (AvgIpc) is 2.98. The molecule has 3 N–H and O–H groups in total. The number of carboxylic acid groups (broad SMARTS) is 1. The number of amides is 2. The fraction of sp³-hybridized carbons (Fsp3) is 0.286. The number of carbonyl (C=O) groups is 2. The lowest BCUT2D eigenvalue weighted by Gasteiger charge is -2.03. The van der Waals surface area contributed by atoms with E-state index in [1.807, 2.05) is 30.3 Å². The van der Waals surface area contributed by atoms with E-state index in [9.17, 15) is 9.59 Å². The summed E-state index contributed by atoms with van der Waals surface area (Å²) in [5.74, 6) is -0.116. The minimum atomic E-state index is -0.878. The van der Waals surface area contributed by atoms with Crippen molar-refractivity contribution >= 4 is 40.4 Å². The molecule has 2 rings (SSSR count). The van der Waals surface area contributed by atoms with Crippen molar-refractivity contribution in [2.75, 3.05) is 11.9 Å². The van der Waals surface area contributed by atoms with Crippen LogP contribution >= 0.6 is 23.3 Å². The molecule has 0 bridgehead atoms. The summed E-state index contributed by atoms with van der Waals surface area (Å²) in [7, 11) is 0. The third-order valence-electron chi connectivity index (χ3n) is 2.69. The van der Waals surface area contributed by atoms with Crippen LogP contribution in [0.4, 0.5) is 9.93 Å².